The second kappa shape index (κ2) is 12.9. The summed E-state index contributed by atoms with van der Waals surface area (Å²) in [4.78, 5) is 20.6. The number of pyridine rings is 1. The monoisotopic (exact) mass is 538 g/mol. The highest BCUT2D eigenvalue weighted by atomic mass is 32.2. The Hall–Kier alpha value is -3.68. The molecule has 0 saturated carbocycles. The lowest BCUT2D eigenvalue weighted by atomic mass is 10.0. The first-order valence-corrected chi connectivity index (χ1v) is 14.6. The predicted octanol–water partition coefficient (Wildman–Crippen LogP) is 6.18. The van der Waals surface area contributed by atoms with Gasteiger partial charge in [-0.1, -0.05) is 55.8 Å². The summed E-state index contributed by atoms with van der Waals surface area (Å²) in [7, 11) is 1.70. The van der Waals surface area contributed by atoms with Crippen molar-refractivity contribution in [3.05, 3.63) is 95.1 Å². The van der Waals surface area contributed by atoms with E-state index >= 15 is 0 Å². The Labute approximate surface area is 234 Å². The number of para-hydroxylation sites is 1. The number of carbonyl (C=O) groups excluding carboxylic acids is 1. The smallest absolute Gasteiger partial charge is 0.272 e. The van der Waals surface area contributed by atoms with Crippen molar-refractivity contribution in [1.82, 2.24) is 15.3 Å². The van der Waals surface area contributed by atoms with Crippen molar-refractivity contribution < 1.29 is 9.53 Å². The summed E-state index contributed by atoms with van der Waals surface area (Å²) in [5.74, 6) is 2.91. The van der Waals surface area contributed by atoms with Crippen LogP contribution in [0, 0.1) is 0 Å². The van der Waals surface area contributed by atoms with Gasteiger partial charge in [0.2, 0.25) is 0 Å². The number of aromatic nitrogens is 1. The van der Waals surface area contributed by atoms with Gasteiger partial charge in [-0.3, -0.25) is 9.69 Å². The molecule has 0 atom stereocenters. The lowest BCUT2D eigenvalue weighted by Gasteiger charge is -2.26. The van der Waals surface area contributed by atoms with Crippen molar-refractivity contribution in [2.75, 3.05) is 31.7 Å². The molecule has 1 saturated heterocycles. The van der Waals surface area contributed by atoms with Crippen molar-refractivity contribution in [2.24, 2.45) is 5.10 Å². The van der Waals surface area contributed by atoms with Gasteiger partial charge in [-0.2, -0.15) is 16.9 Å². The highest BCUT2D eigenvalue weighted by molar-refractivity contribution is 7.99. The number of hydrogen-bond donors (Lipinski definition) is 1. The first-order valence-electron chi connectivity index (χ1n) is 13.4. The van der Waals surface area contributed by atoms with Crippen LogP contribution in [0.25, 0.3) is 22.2 Å². The number of carbonyl (C=O) groups is 1. The van der Waals surface area contributed by atoms with Crippen LogP contribution in [0.1, 0.15) is 40.4 Å². The van der Waals surface area contributed by atoms with Crippen molar-refractivity contribution in [2.45, 2.75) is 26.3 Å². The largest absolute Gasteiger partial charge is 0.496 e. The molecule has 2 heterocycles. The van der Waals surface area contributed by atoms with Crippen LogP contribution in [-0.4, -0.2) is 53.7 Å². The second-order valence-electron chi connectivity index (χ2n) is 9.68. The van der Waals surface area contributed by atoms with E-state index in [0.29, 0.717) is 5.56 Å². The predicted molar refractivity (Wildman–Crippen MR) is 162 cm³/mol. The number of rotatable bonds is 9. The van der Waals surface area contributed by atoms with E-state index in [2.05, 4.69) is 52.7 Å². The van der Waals surface area contributed by atoms with Crippen molar-refractivity contribution in [3.8, 4) is 17.0 Å². The Kier molecular flexibility index (Phi) is 8.91. The maximum atomic E-state index is 13.3. The summed E-state index contributed by atoms with van der Waals surface area (Å²) in [6.45, 7) is 5.16. The number of benzene rings is 3. The minimum Gasteiger partial charge on any atom is -0.496 e. The quantitative estimate of drug-likeness (QED) is 0.204. The Morgan fingerprint density at radius 1 is 1.08 bits per heavy atom. The minimum absolute atomic E-state index is 0.270. The van der Waals surface area contributed by atoms with Crippen LogP contribution in [0.15, 0.2) is 77.9 Å². The number of thioether (sulfide) groups is 1. The topological polar surface area (TPSA) is 66.8 Å². The fraction of sp³-hybridized carbons (Fsp3) is 0.281. The molecule has 1 aliphatic heterocycles. The van der Waals surface area contributed by atoms with Crippen molar-refractivity contribution in [1.29, 1.82) is 0 Å². The van der Waals surface area contributed by atoms with Crippen LogP contribution in [0.2, 0.25) is 0 Å². The zero-order valence-electron chi connectivity index (χ0n) is 22.5. The average molecular weight is 539 g/mol. The molecular formula is C32H34N4O2S. The Morgan fingerprint density at radius 3 is 2.64 bits per heavy atom. The molecule has 1 fully saturated rings. The number of aryl methyl sites for hydroxylation is 1. The van der Waals surface area contributed by atoms with E-state index in [0.717, 1.165) is 83.0 Å². The molecule has 7 heteroatoms. The standard InChI is InChI=1S/C32H34N4O2S/c1-3-6-23-9-12-25(13-10-23)30-20-28(27-7-4-5-8-29(27)34-30)32(37)35-33-21-24-11-14-31(38-2)26(19-24)22-36-15-17-39-18-16-36/h4-5,7-14,19-21H,3,6,15-18,22H2,1-2H3,(H,35,37)/b33-21-. The molecule has 0 bridgehead atoms. The van der Waals surface area contributed by atoms with Crippen LogP contribution in [0.3, 0.4) is 0 Å². The van der Waals surface area contributed by atoms with Gasteiger partial charge in [-0.15, -0.1) is 0 Å². The SMILES string of the molecule is CCCc1ccc(-c2cc(C(=O)N/N=C\c3ccc(OC)c(CN4CCSCC4)c3)c3ccccc3n2)cc1. The molecule has 1 aliphatic rings. The average Bonchev–Trinajstić information content (AvgIpc) is 2.98. The van der Waals surface area contributed by atoms with Gasteiger partial charge in [0.25, 0.3) is 5.91 Å². The fourth-order valence-corrected chi connectivity index (χ4v) is 5.85. The highest BCUT2D eigenvalue weighted by Gasteiger charge is 2.15. The number of nitrogens with one attached hydrogen (secondary N) is 1. The van der Waals surface area contributed by atoms with E-state index < -0.39 is 0 Å². The number of methoxy groups -OCH3 is 1. The minimum atomic E-state index is -0.270. The van der Waals surface area contributed by atoms with E-state index in [1.54, 1.807) is 13.3 Å². The molecule has 3 aromatic carbocycles. The van der Waals surface area contributed by atoms with Crippen LogP contribution < -0.4 is 10.2 Å². The maximum Gasteiger partial charge on any atom is 0.272 e. The number of nitrogens with zero attached hydrogens (tertiary/aromatic N) is 3. The van der Waals surface area contributed by atoms with Crippen LogP contribution in [0.5, 0.6) is 5.75 Å². The maximum absolute atomic E-state index is 13.3. The molecule has 5 rings (SSSR count). The highest BCUT2D eigenvalue weighted by Crippen LogP contribution is 2.26. The summed E-state index contributed by atoms with van der Waals surface area (Å²) in [5, 5.41) is 5.09. The summed E-state index contributed by atoms with van der Waals surface area (Å²) in [5.41, 5.74) is 9.13. The molecule has 1 N–H and O–H groups in total. The number of ether oxygens (including phenoxy) is 1. The summed E-state index contributed by atoms with van der Waals surface area (Å²) >= 11 is 2.00. The number of amides is 1. The molecule has 200 valence electrons. The van der Waals surface area contributed by atoms with E-state index in [4.69, 9.17) is 9.72 Å². The summed E-state index contributed by atoms with van der Waals surface area (Å²) in [6, 6.07) is 24.0. The Morgan fingerprint density at radius 2 is 1.87 bits per heavy atom. The van der Waals surface area contributed by atoms with Crippen LogP contribution >= 0.6 is 11.8 Å². The van der Waals surface area contributed by atoms with Gasteiger partial charge in [0.15, 0.2) is 0 Å². The van der Waals surface area contributed by atoms with E-state index in [9.17, 15) is 4.79 Å². The third-order valence-electron chi connectivity index (χ3n) is 6.93. The van der Waals surface area contributed by atoms with Gasteiger partial charge >= 0.3 is 0 Å². The zero-order valence-corrected chi connectivity index (χ0v) is 23.3. The molecule has 39 heavy (non-hydrogen) atoms. The number of hydrazone groups is 1. The van der Waals surface area contributed by atoms with Crippen LogP contribution in [0.4, 0.5) is 0 Å². The normalized spacial score (nSPS) is 14.1. The second-order valence-corrected chi connectivity index (χ2v) is 10.9. The van der Waals surface area contributed by atoms with Gasteiger partial charge in [0, 0.05) is 47.7 Å². The molecule has 4 aromatic rings. The van der Waals surface area contributed by atoms with Crippen molar-refractivity contribution >= 4 is 34.8 Å². The molecule has 6 nitrogen and oxygen atoms in total. The third-order valence-corrected chi connectivity index (χ3v) is 7.87. The third kappa shape index (κ3) is 6.67. The van der Waals surface area contributed by atoms with Gasteiger partial charge in [0.05, 0.1) is 30.1 Å². The number of fused-ring (bicyclic) bond motifs is 1. The molecule has 1 amide bonds. The first kappa shape index (κ1) is 26.9. The zero-order chi connectivity index (χ0) is 27.0. The van der Waals surface area contributed by atoms with Gasteiger partial charge in [-0.25, -0.2) is 10.4 Å². The lowest BCUT2D eigenvalue weighted by molar-refractivity contribution is 0.0956. The van der Waals surface area contributed by atoms with E-state index in [-0.39, 0.29) is 5.91 Å². The van der Waals surface area contributed by atoms with E-state index in [1.165, 1.54) is 5.56 Å². The fourth-order valence-electron chi connectivity index (χ4n) is 4.87. The molecule has 0 radical (unpaired) electrons. The van der Waals surface area contributed by atoms with E-state index in [1.807, 2.05) is 54.2 Å². The molecule has 0 unspecified atom stereocenters. The summed E-state index contributed by atoms with van der Waals surface area (Å²) < 4.78 is 5.60. The van der Waals surface area contributed by atoms with Gasteiger partial charge < -0.3 is 4.74 Å². The Bertz CT molecular complexity index is 1460. The Balaban J connectivity index is 1.35. The van der Waals surface area contributed by atoms with Crippen molar-refractivity contribution in [3.63, 3.8) is 0 Å². The number of hydrogen-bond acceptors (Lipinski definition) is 6. The van der Waals surface area contributed by atoms with Gasteiger partial charge in [0.1, 0.15) is 5.75 Å². The first-order chi connectivity index (χ1) is 19.1. The van der Waals surface area contributed by atoms with Crippen LogP contribution in [-0.2, 0) is 13.0 Å². The molecule has 1 aromatic heterocycles. The summed E-state index contributed by atoms with van der Waals surface area (Å²) in [6.07, 6.45) is 3.84. The lowest BCUT2D eigenvalue weighted by Crippen LogP contribution is -2.32. The van der Waals surface area contributed by atoms with Gasteiger partial charge in [-0.05, 0) is 47.9 Å². The molecular weight excluding hydrogens is 504 g/mol. The molecule has 0 aliphatic carbocycles. The molecule has 0 spiro atoms.